The van der Waals surface area contributed by atoms with Crippen LogP contribution in [0.4, 0.5) is 0 Å². The summed E-state index contributed by atoms with van der Waals surface area (Å²) in [5, 5.41) is 0. The van der Waals surface area contributed by atoms with Crippen LogP contribution in [-0.2, 0) is 81.5 Å². The van der Waals surface area contributed by atoms with Gasteiger partial charge in [-0.1, -0.05) is 269 Å². The summed E-state index contributed by atoms with van der Waals surface area (Å²) in [6, 6.07) is 45.6. The first-order valence-electron chi connectivity index (χ1n) is 55.5. The van der Waals surface area contributed by atoms with Crippen LogP contribution in [0.15, 0.2) is 146 Å². The van der Waals surface area contributed by atoms with Crippen molar-refractivity contribution < 1.29 is 71.4 Å². The highest BCUT2D eigenvalue weighted by Crippen LogP contribution is 2.38. The van der Waals surface area contributed by atoms with Crippen LogP contribution in [0, 0.1) is 29.6 Å². The number of epoxide rings is 3. The Kier molecular flexibility index (Phi) is 44.7. The van der Waals surface area contributed by atoms with E-state index in [0.29, 0.717) is 127 Å². The van der Waals surface area contributed by atoms with Crippen molar-refractivity contribution in [3.8, 4) is 34.5 Å². The predicted octanol–water partition coefficient (Wildman–Crippen LogP) is 22.7. The van der Waals surface area contributed by atoms with Crippen molar-refractivity contribution in [1.29, 1.82) is 0 Å². The van der Waals surface area contributed by atoms with Crippen LogP contribution < -0.4 is 28.4 Å². The summed E-state index contributed by atoms with van der Waals surface area (Å²) in [7, 11) is 0. The van der Waals surface area contributed by atoms with E-state index in [2.05, 4.69) is 91.8 Å². The molecule has 0 N–H and O–H groups in total. The molecule has 6 heterocycles. The molecule has 9 fully saturated rings. The highest BCUT2D eigenvalue weighted by molar-refractivity contribution is 5.99. The number of nitrogens with zero attached hydrogens (tertiary/aromatic N) is 6. The van der Waals surface area contributed by atoms with Gasteiger partial charge in [-0.15, -0.1) is 0 Å². The van der Waals surface area contributed by atoms with Gasteiger partial charge in [0, 0.05) is 77.8 Å². The van der Waals surface area contributed by atoms with Gasteiger partial charge in [0.1, 0.15) is 109 Å². The molecule has 9 aliphatic rings. The SMILES string of the molecule is CCCCC(CC)CN1C(=O)[C@H](Cc2ccc(OCC3CC3)cc2)N(CC(CC)CCCC)C(=O)[C@H]1Cc1ccc(OCC2CO2)cc1.CCCCCCCCN1C(=O)[C@H](Cc2ccc(OCC3CC3)cc2)N(CCCCCCCC)C(=O)[C@H]1Cc1ccc(OCC2CO2)cc1.CCCCCCN1C(=O)[C@H](Cc2ccc(OCC3CC3)cc2)N(CCCCCC)C(=O)[C@H]1Cc1ccc(OCC2CO2)cc1. The molecular formula is C119H172N6O15. The van der Waals surface area contributed by atoms with Crippen molar-refractivity contribution in [2.75, 3.05) is 98.7 Å². The Morgan fingerprint density at radius 2 is 0.429 bits per heavy atom. The molecule has 5 unspecified atom stereocenters. The lowest BCUT2D eigenvalue weighted by Crippen LogP contribution is -2.67. The van der Waals surface area contributed by atoms with Crippen molar-refractivity contribution in [3.63, 3.8) is 0 Å². The first-order valence-corrected chi connectivity index (χ1v) is 55.5. The summed E-state index contributed by atoms with van der Waals surface area (Å²) in [4.78, 5) is 99.2. The lowest BCUT2D eigenvalue weighted by molar-refractivity contribution is -0.163. The van der Waals surface area contributed by atoms with Crippen LogP contribution >= 0.6 is 0 Å². The van der Waals surface area contributed by atoms with Gasteiger partial charge in [-0.25, -0.2) is 0 Å². The van der Waals surface area contributed by atoms with E-state index < -0.39 is 36.3 Å². The van der Waals surface area contributed by atoms with Gasteiger partial charge < -0.3 is 72.0 Å². The van der Waals surface area contributed by atoms with Gasteiger partial charge in [-0.3, -0.25) is 28.8 Å². The molecule has 21 nitrogen and oxygen atoms in total. The second-order valence-electron chi connectivity index (χ2n) is 41.8. The fourth-order valence-corrected chi connectivity index (χ4v) is 19.7. The Bertz CT molecular complexity index is 4320. The number of hydrogen-bond acceptors (Lipinski definition) is 15. The maximum Gasteiger partial charge on any atom is 0.246 e. The van der Waals surface area contributed by atoms with Gasteiger partial charge in [0.15, 0.2) is 0 Å². The van der Waals surface area contributed by atoms with E-state index in [-0.39, 0.29) is 53.8 Å². The Balaban J connectivity index is 0.000000177. The molecule has 6 aromatic carbocycles. The molecule has 15 rings (SSSR count). The zero-order valence-electron chi connectivity index (χ0n) is 86.6. The summed E-state index contributed by atoms with van der Waals surface area (Å²) in [6.45, 7) is 27.8. The maximum atomic E-state index is 14.8. The number of carbonyl (C=O) groups is 6. The zero-order chi connectivity index (χ0) is 98.2. The molecule has 768 valence electrons. The number of unbranched alkanes of at least 4 members (excludes halogenated alkanes) is 18. The third-order valence-electron chi connectivity index (χ3n) is 29.8. The molecule has 0 bridgehead atoms. The molecule has 6 aromatic rings. The average Bonchev–Trinajstić information content (AvgIpc) is 1.53. The Morgan fingerprint density at radius 1 is 0.243 bits per heavy atom. The third kappa shape index (κ3) is 35.7. The molecule has 3 saturated carbocycles. The molecule has 6 amide bonds. The van der Waals surface area contributed by atoms with E-state index in [1.807, 2.05) is 139 Å². The first-order chi connectivity index (χ1) is 68.5. The number of piperazine rings is 3. The third-order valence-corrected chi connectivity index (χ3v) is 29.8. The topological polar surface area (TPSA) is 215 Å². The van der Waals surface area contributed by atoms with Crippen LogP contribution in [0.2, 0.25) is 0 Å². The van der Waals surface area contributed by atoms with Crippen LogP contribution in [0.25, 0.3) is 0 Å². The minimum atomic E-state index is -0.516. The summed E-state index contributed by atoms with van der Waals surface area (Å²) in [6.07, 6.45) is 42.1. The summed E-state index contributed by atoms with van der Waals surface area (Å²) in [5.41, 5.74) is 6.32. The Labute approximate surface area is 840 Å². The van der Waals surface area contributed by atoms with Crippen LogP contribution in [0.5, 0.6) is 34.5 Å². The summed E-state index contributed by atoms with van der Waals surface area (Å²) >= 11 is 0. The van der Waals surface area contributed by atoms with Gasteiger partial charge in [0.2, 0.25) is 35.4 Å². The van der Waals surface area contributed by atoms with E-state index in [9.17, 15) is 28.8 Å². The second kappa shape index (κ2) is 57.9. The van der Waals surface area contributed by atoms with Crippen molar-refractivity contribution in [1.82, 2.24) is 29.4 Å². The van der Waals surface area contributed by atoms with Crippen LogP contribution in [0.3, 0.4) is 0 Å². The largest absolute Gasteiger partial charge is 0.493 e. The van der Waals surface area contributed by atoms with Gasteiger partial charge in [-0.2, -0.15) is 0 Å². The first kappa shape index (κ1) is 108. The molecule has 3 aliphatic carbocycles. The minimum Gasteiger partial charge on any atom is -0.493 e. The number of ether oxygens (including phenoxy) is 9. The second-order valence-corrected chi connectivity index (χ2v) is 41.8. The smallest absolute Gasteiger partial charge is 0.246 e. The number of carbonyl (C=O) groups excluding carboxylic acids is 6. The molecule has 140 heavy (non-hydrogen) atoms. The normalized spacial score (nSPS) is 21.5. The lowest BCUT2D eigenvalue weighted by Gasteiger charge is -2.47. The maximum absolute atomic E-state index is 14.8. The van der Waals surface area contributed by atoms with E-state index in [4.69, 9.17) is 42.6 Å². The molecule has 0 spiro atoms. The van der Waals surface area contributed by atoms with Gasteiger partial charge >= 0.3 is 0 Å². The van der Waals surface area contributed by atoms with Crippen molar-refractivity contribution in [3.05, 3.63) is 179 Å². The molecular weight excluding hydrogens is 1750 g/mol. The fraction of sp³-hybridized carbons (Fsp3) is 0.647. The van der Waals surface area contributed by atoms with Crippen molar-refractivity contribution >= 4 is 35.4 Å². The highest BCUT2D eigenvalue weighted by atomic mass is 16.6. The fourth-order valence-electron chi connectivity index (χ4n) is 19.7. The van der Waals surface area contributed by atoms with E-state index in [0.717, 1.165) is 236 Å². The summed E-state index contributed by atoms with van der Waals surface area (Å²) in [5.74, 6) is 8.40. The van der Waals surface area contributed by atoms with Gasteiger partial charge in [0.05, 0.1) is 39.6 Å². The molecule has 21 heteroatoms. The van der Waals surface area contributed by atoms with Crippen molar-refractivity contribution in [2.24, 2.45) is 29.6 Å². The van der Waals surface area contributed by atoms with Crippen LogP contribution in [0.1, 0.15) is 307 Å². The Morgan fingerprint density at radius 3 is 0.629 bits per heavy atom. The molecule has 0 radical (unpaired) electrons. The number of amides is 6. The minimum absolute atomic E-state index is 0.0807. The van der Waals surface area contributed by atoms with E-state index in [1.54, 1.807) is 0 Å². The molecule has 11 atom stereocenters. The average molecular weight is 1930 g/mol. The number of benzene rings is 6. The zero-order valence-corrected chi connectivity index (χ0v) is 86.6. The van der Waals surface area contributed by atoms with E-state index >= 15 is 0 Å². The quantitative estimate of drug-likeness (QED) is 0.0256. The lowest BCUT2D eigenvalue weighted by atomic mass is 9.90. The van der Waals surface area contributed by atoms with Gasteiger partial charge in [0.25, 0.3) is 0 Å². The number of rotatable bonds is 66. The monoisotopic (exact) mass is 1930 g/mol. The van der Waals surface area contributed by atoms with Gasteiger partial charge in [-0.05, 0) is 213 Å². The van der Waals surface area contributed by atoms with Crippen LogP contribution in [-0.4, -0.2) is 218 Å². The molecule has 0 aromatic heterocycles. The number of hydrogen-bond donors (Lipinski definition) is 0. The summed E-state index contributed by atoms with van der Waals surface area (Å²) < 4.78 is 51.3. The Hall–Kier alpha value is -9.18. The molecule has 6 aliphatic heterocycles. The standard InChI is InChI=1S/2C41H60N2O5.C37H52N2O5/c1-5-9-11-30(7-3)25-42-38(23-32-15-19-35(20-16-32)46-27-34-13-14-34)40(44)43(26-31(8-4)12-10-6-2)39(41(42)45)24-33-17-21-36(22-18-33)47-28-37-29-48-37;1-3-5-7-9-11-13-25-42-38(27-32-17-21-35(22-18-32)46-29-34-15-16-34)40(44)43(26-14-12-10-8-6-4-2)39(41(42)45)28-33-19-23-36(24-20-33)47-30-37-31-48-37;1-3-5-7-9-21-38-34(23-28-13-17-31(18-14-28)42-25-30-11-12-30)36(40)39(22-10-8-6-4-2)35(37(38)41)24-29-15-19-32(20-16-29)43-26-33-27-44-33/h15-22,30-31,34,37-39H,5-14,23-29H2,1-4H3;17-24,34,37-39H,3-16,25-31H2,1-2H3;13-20,30,33-35H,3-12,21-27H2,1-2H3/t30?,31?,37?,38-,39+;37?,38-,39+;33?,34-,35+/m000/s1. The predicted molar refractivity (Wildman–Crippen MR) is 556 cm³/mol. The highest BCUT2D eigenvalue weighted by Gasteiger charge is 2.50. The van der Waals surface area contributed by atoms with E-state index in [1.165, 1.54) is 89.9 Å². The molecule has 6 saturated heterocycles. The van der Waals surface area contributed by atoms with Crippen molar-refractivity contribution in [2.45, 2.75) is 367 Å².